The van der Waals surface area contributed by atoms with Crippen LogP contribution in [0.1, 0.15) is 6.42 Å². The van der Waals surface area contributed by atoms with Crippen molar-refractivity contribution < 1.29 is 20.4 Å². The third-order valence-electron chi connectivity index (χ3n) is 0.779. The third kappa shape index (κ3) is 22.9. The van der Waals surface area contributed by atoms with Crippen molar-refractivity contribution in [1.29, 1.82) is 0 Å². The van der Waals surface area contributed by atoms with E-state index in [4.69, 9.17) is 20.4 Å². The molecule has 0 spiro atoms. The summed E-state index contributed by atoms with van der Waals surface area (Å²) < 4.78 is 0. The summed E-state index contributed by atoms with van der Waals surface area (Å²) in [5.74, 6) is 0. The molecule has 0 rings (SSSR count). The third-order valence-corrected chi connectivity index (χ3v) is 0.779. The second kappa shape index (κ2) is 16.6. The van der Waals surface area contributed by atoms with Crippen LogP contribution in [0, 0.1) is 0 Å². The Morgan fingerprint density at radius 1 is 0.833 bits per heavy atom. The van der Waals surface area contributed by atoms with E-state index in [0.29, 0.717) is 6.42 Å². The summed E-state index contributed by atoms with van der Waals surface area (Å²) in [5.41, 5.74) is 0. The van der Waals surface area contributed by atoms with E-state index >= 15 is 0 Å². The maximum atomic E-state index is 8.04. The lowest BCUT2D eigenvalue weighted by Crippen LogP contribution is -1.74. The molecule has 72 valence electrons. The Bertz CT molecular complexity index is 104. The number of aliphatic hydroxyl groups is 4. The molecule has 0 atom stereocenters. The van der Waals surface area contributed by atoms with E-state index in [1.807, 2.05) is 0 Å². The van der Waals surface area contributed by atoms with Crippen LogP contribution in [-0.2, 0) is 0 Å². The van der Waals surface area contributed by atoms with Gasteiger partial charge in [0.05, 0.1) is 19.5 Å². The van der Waals surface area contributed by atoms with Gasteiger partial charge >= 0.3 is 0 Å². The normalized spacial score (nSPS) is 10.2. The first-order valence-electron chi connectivity index (χ1n) is 3.60. The minimum atomic E-state index is 0.0144. The molecule has 0 aromatic carbocycles. The van der Waals surface area contributed by atoms with Crippen molar-refractivity contribution in [3.05, 3.63) is 24.5 Å². The Morgan fingerprint density at radius 3 is 1.50 bits per heavy atom. The molecule has 0 aliphatic carbocycles. The highest BCUT2D eigenvalue weighted by Crippen LogP contribution is 1.74. The second-order valence-electron chi connectivity index (χ2n) is 1.73. The van der Waals surface area contributed by atoms with Crippen molar-refractivity contribution in [3.8, 4) is 0 Å². The van der Waals surface area contributed by atoms with Gasteiger partial charge in [0.2, 0.25) is 0 Å². The van der Waals surface area contributed by atoms with Gasteiger partial charge in [-0.2, -0.15) is 0 Å². The SMILES string of the molecule is OC=CCCO.OCC=CCO. The zero-order chi connectivity index (χ0) is 9.66. The monoisotopic (exact) mass is 176 g/mol. The van der Waals surface area contributed by atoms with E-state index in [0.717, 1.165) is 6.26 Å². The van der Waals surface area contributed by atoms with Crippen molar-refractivity contribution in [2.24, 2.45) is 0 Å². The highest BCUT2D eigenvalue weighted by atomic mass is 16.3. The first kappa shape index (κ1) is 13.7. The van der Waals surface area contributed by atoms with Gasteiger partial charge in [-0.25, -0.2) is 0 Å². The van der Waals surface area contributed by atoms with Crippen LogP contribution in [0.3, 0.4) is 0 Å². The largest absolute Gasteiger partial charge is 0.516 e. The van der Waals surface area contributed by atoms with Crippen molar-refractivity contribution in [3.63, 3.8) is 0 Å². The van der Waals surface area contributed by atoms with E-state index in [1.165, 1.54) is 18.2 Å². The van der Waals surface area contributed by atoms with Gasteiger partial charge in [-0.1, -0.05) is 12.2 Å². The lowest BCUT2D eigenvalue weighted by atomic mass is 10.5. The van der Waals surface area contributed by atoms with Crippen molar-refractivity contribution in [2.75, 3.05) is 19.8 Å². The summed E-state index contributed by atoms with van der Waals surface area (Å²) in [6, 6.07) is 0. The Kier molecular flexibility index (Phi) is 19.0. The van der Waals surface area contributed by atoms with Crippen molar-refractivity contribution in [2.45, 2.75) is 6.42 Å². The summed E-state index contributed by atoms with van der Waals surface area (Å²) >= 11 is 0. The van der Waals surface area contributed by atoms with Crippen molar-refractivity contribution >= 4 is 0 Å². The smallest absolute Gasteiger partial charge is 0.0752 e. The summed E-state index contributed by atoms with van der Waals surface area (Å²) in [6.07, 6.45) is 5.92. The molecule has 0 radical (unpaired) electrons. The molecule has 0 saturated heterocycles. The van der Waals surface area contributed by atoms with Crippen molar-refractivity contribution in [1.82, 2.24) is 0 Å². The predicted octanol–water partition coefficient (Wildman–Crippen LogP) is -0.0323. The number of hydrogen-bond acceptors (Lipinski definition) is 4. The quantitative estimate of drug-likeness (QED) is 0.358. The van der Waals surface area contributed by atoms with Crippen LogP contribution in [0.25, 0.3) is 0 Å². The van der Waals surface area contributed by atoms with Gasteiger partial charge in [0.25, 0.3) is 0 Å². The minimum Gasteiger partial charge on any atom is -0.516 e. The summed E-state index contributed by atoms with van der Waals surface area (Å²) in [4.78, 5) is 0. The summed E-state index contributed by atoms with van der Waals surface area (Å²) in [7, 11) is 0. The van der Waals surface area contributed by atoms with Crippen LogP contribution in [0.4, 0.5) is 0 Å². The van der Waals surface area contributed by atoms with Crippen LogP contribution >= 0.6 is 0 Å². The Balaban J connectivity index is 0. The highest BCUT2D eigenvalue weighted by molar-refractivity contribution is 4.78. The maximum absolute atomic E-state index is 8.04. The van der Waals surface area contributed by atoms with Gasteiger partial charge in [0.15, 0.2) is 0 Å². The van der Waals surface area contributed by atoms with Crippen LogP contribution < -0.4 is 0 Å². The summed E-state index contributed by atoms with van der Waals surface area (Å²) in [5, 5.41) is 31.9. The molecule has 0 unspecified atom stereocenters. The molecule has 0 amide bonds. The lowest BCUT2D eigenvalue weighted by molar-refractivity contribution is 0.301. The minimum absolute atomic E-state index is 0.0144. The lowest BCUT2D eigenvalue weighted by Gasteiger charge is -1.76. The standard InChI is InChI=1S/2C4H8O2/c2*5-3-1-2-4-6/h1,3,5-6H,2,4H2;1-2,5-6H,3-4H2. The second-order valence-corrected chi connectivity index (χ2v) is 1.73. The van der Waals surface area contributed by atoms with E-state index < -0.39 is 0 Å². The first-order chi connectivity index (χ1) is 5.83. The van der Waals surface area contributed by atoms with Gasteiger partial charge in [-0.3, -0.25) is 0 Å². The Hall–Kier alpha value is -0.840. The number of hydrogen-bond donors (Lipinski definition) is 4. The van der Waals surface area contributed by atoms with E-state index in [1.54, 1.807) is 0 Å². The van der Waals surface area contributed by atoms with Gasteiger partial charge in [0.1, 0.15) is 0 Å². The Morgan fingerprint density at radius 2 is 1.33 bits per heavy atom. The number of aliphatic hydroxyl groups excluding tert-OH is 4. The maximum Gasteiger partial charge on any atom is 0.0752 e. The molecule has 12 heavy (non-hydrogen) atoms. The molecular weight excluding hydrogens is 160 g/mol. The molecule has 4 nitrogen and oxygen atoms in total. The van der Waals surface area contributed by atoms with E-state index in [-0.39, 0.29) is 19.8 Å². The average Bonchev–Trinajstić information content (AvgIpc) is 2.12. The summed E-state index contributed by atoms with van der Waals surface area (Å²) in [6.45, 7) is 0.137. The molecule has 4 heteroatoms. The van der Waals surface area contributed by atoms with Crippen LogP contribution in [0.2, 0.25) is 0 Å². The van der Waals surface area contributed by atoms with E-state index in [9.17, 15) is 0 Å². The molecule has 0 aromatic heterocycles. The fourth-order valence-corrected chi connectivity index (χ4v) is 0.298. The molecule has 0 fully saturated rings. The van der Waals surface area contributed by atoms with Gasteiger partial charge < -0.3 is 20.4 Å². The highest BCUT2D eigenvalue weighted by Gasteiger charge is 1.67. The van der Waals surface area contributed by atoms with Crippen LogP contribution in [-0.4, -0.2) is 40.2 Å². The zero-order valence-corrected chi connectivity index (χ0v) is 6.93. The molecule has 4 N–H and O–H groups in total. The fourth-order valence-electron chi connectivity index (χ4n) is 0.298. The molecule has 0 aliphatic heterocycles. The average molecular weight is 176 g/mol. The molecule has 0 aliphatic rings. The van der Waals surface area contributed by atoms with Gasteiger partial charge in [0, 0.05) is 6.61 Å². The van der Waals surface area contributed by atoms with Crippen LogP contribution in [0.15, 0.2) is 24.5 Å². The number of rotatable bonds is 4. The molecular formula is C8H16O4. The zero-order valence-electron chi connectivity index (χ0n) is 6.93. The topological polar surface area (TPSA) is 80.9 Å². The molecule has 0 aromatic rings. The van der Waals surface area contributed by atoms with Gasteiger partial charge in [-0.05, 0) is 12.5 Å². The van der Waals surface area contributed by atoms with Crippen LogP contribution in [0.5, 0.6) is 0 Å². The van der Waals surface area contributed by atoms with Gasteiger partial charge in [-0.15, -0.1) is 0 Å². The Labute approximate surface area is 72.1 Å². The molecule has 0 saturated carbocycles. The predicted molar refractivity (Wildman–Crippen MR) is 46.8 cm³/mol. The molecule has 0 bridgehead atoms. The first-order valence-corrected chi connectivity index (χ1v) is 3.60. The molecule has 0 heterocycles. The fraction of sp³-hybridized carbons (Fsp3) is 0.500. The van der Waals surface area contributed by atoms with E-state index in [2.05, 4.69) is 0 Å².